The largest absolute Gasteiger partial charge is 0.481 e. The second-order valence-corrected chi connectivity index (χ2v) is 34.3. The van der Waals surface area contributed by atoms with E-state index >= 15 is 0 Å². The first kappa shape index (κ1) is 104. The molecule has 0 radical (unpaired) electrons. The highest BCUT2D eigenvalue weighted by Crippen LogP contribution is 2.42. The lowest BCUT2D eigenvalue weighted by Gasteiger charge is -2.26. The number of nitrogens with one attached hydrogen (secondary N) is 2. The van der Waals surface area contributed by atoms with Gasteiger partial charge in [0, 0.05) is 61.4 Å². The van der Waals surface area contributed by atoms with Gasteiger partial charge in [-0.15, -0.1) is 23.5 Å². The monoisotopic (exact) mass is 1670 g/mol. The number of H-pyrrole nitrogens is 2. The molecule has 0 saturated heterocycles. The van der Waals surface area contributed by atoms with Gasteiger partial charge in [0.1, 0.15) is 20.3 Å². The number of thioether (sulfide) groups is 4. The predicted molar refractivity (Wildman–Crippen MR) is 465 cm³/mol. The molecule has 0 aliphatic rings. The highest BCUT2D eigenvalue weighted by molar-refractivity contribution is 8.47. The molecular weight excluding hydrogens is 1550 g/mol. The van der Waals surface area contributed by atoms with Crippen molar-refractivity contribution in [3.8, 4) is 0 Å². The topological polar surface area (TPSA) is 308 Å². The molecule has 4 N–H and O–H groups in total. The van der Waals surface area contributed by atoms with Gasteiger partial charge in [-0.2, -0.15) is 0 Å². The molecule has 0 spiro atoms. The number of carbonyl (C=O) groups is 6. The van der Waals surface area contributed by atoms with Gasteiger partial charge in [0.05, 0.1) is 63.2 Å². The van der Waals surface area contributed by atoms with E-state index in [4.69, 9.17) is 38.6 Å². The molecule has 22 nitrogen and oxygen atoms in total. The van der Waals surface area contributed by atoms with Crippen LogP contribution in [0.15, 0.2) is 118 Å². The van der Waals surface area contributed by atoms with Gasteiger partial charge in [0.2, 0.25) is 0 Å². The average molecular weight is 1670 g/mol. The second kappa shape index (κ2) is 66.8. The van der Waals surface area contributed by atoms with E-state index in [2.05, 4.69) is 51.2 Å². The highest BCUT2D eigenvalue weighted by Gasteiger charge is 2.35. The number of nitrogens with zero attached hydrogens (tertiary/aromatic N) is 2. The van der Waals surface area contributed by atoms with Gasteiger partial charge in [-0.25, -0.2) is 19.2 Å². The van der Waals surface area contributed by atoms with Crippen molar-refractivity contribution < 1.29 is 67.4 Å². The van der Waals surface area contributed by atoms with Crippen LogP contribution in [0.25, 0.3) is 0 Å². The lowest BCUT2D eigenvalue weighted by molar-refractivity contribution is -0.155. The van der Waals surface area contributed by atoms with Crippen LogP contribution >= 0.6 is 71.5 Å². The summed E-state index contributed by atoms with van der Waals surface area (Å²) >= 11 is 18.0. The van der Waals surface area contributed by atoms with Crippen LogP contribution in [0.5, 0.6) is 0 Å². The Morgan fingerprint density at radius 2 is 0.768 bits per heavy atom. The third-order valence-electron chi connectivity index (χ3n) is 17.8. The third-order valence-corrected chi connectivity index (χ3v) is 23.7. The summed E-state index contributed by atoms with van der Waals surface area (Å²) in [5.74, 6) is -4.65. The third kappa shape index (κ3) is 51.4. The number of esters is 4. The van der Waals surface area contributed by atoms with Crippen LogP contribution in [0.4, 0.5) is 0 Å². The number of methoxy groups -OCH3 is 2. The molecule has 28 heteroatoms. The quantitative estimate of drug-likeness (QED) is 0.0105. The van der Waals surface area contributed by atoms with Gasteiger partial charge in [-0.1, -0.05) is 280 Å². The summed E-state index contributed by atoms with van der Waals surface area (Å²) in [5, 5.41) is 18.8. The molecule has 4 aromatic rings. The fourth-order valence-electron chi connectivity index (χ4n) is 11.1. The summed E-state index contributed by atoms with van der Waals surface area (Å²) in [6, 6.07) is 18.2. The number of carbonyl (C=O) groups excluding carboxylic acids is 4. The van der Waals surface area contributed by atoms with Gasteiger partial charge in [0.25, 0.3) is 11.1 Å². The summed E-state index contributed by atoms with van der Waals surface area (Å²) in [4.78, 5) is 123. The number of carboxylic acids is 2. The number of aromatic amines is 2. The van der Waals surface area contributed by atoms with E-state index in [1.54, 1.807) is 49.3 Å². The first-order chi connectivity index (χ1) is 53.9. The van der Waals surface area contributed by atoms with Crippen molar-refractivity contribution in [1.82, 2.24) is 19.1 Å². The van der Waals surface area contributed by atoms with Gasteiger partial charge < -0.3 is 38.6 Å². The highest BCUT2D eigenvalue weighted by atomic mass is 32.2. The standard InChI is InChI=1S/C42H64N2O9S3.C29H42N2O4S3.C7H12O2.C6H10O3/c1-5-7-9-10-11-12-13-14-15-16-26-55-42(54)56-36(33-19-17-32(18-20-33)30-44-22-21-37(45)43-41(44)50)29-35(40(49)52-23-8-6-2)28-34(27-31(3)38(46)47)39(48)53-25-24-51-4;1-3-4-5-6-7-8-9-10-11-12-19-37-29(36)38-25(20-22(2)27(33)34)24-15-13-23(14-16-24)21-31-18-17-26(32)30-28(31)35;1-3-5-6-9-7(8)4-2;1-3-6(7)9-5-4-8-2/h17-22,31,34-36H,5-16,23-30H2,1-4H3,(H,46,47)(H,43,45,50);13-18,22,25H,3-12,19-21H2,1-2H3,(H,33,34)(H,30,32,35);4H,2-3,5-6H2,1H3;3H,1,4-5H2,2H3. The number of benzene rings is 2. The summed E-state index contributed by atoms with van der Waals surface area (Å²) in [5.41, 5.74) is 1.83. The van der Waals surface area contributed by atoms with Crippen molar-refractivity contribution in [2.75, 3.05) is 65.4 Å². The first-order valence-electron chi connectivity index (χ1n) is 39.7. The number of aromatic nitrogens is 4. The van der Waals surface area contributed by atoms with Crippen LogP contribution in [0, 0.1) is 23.7 Å². The molecule has 4 rings (SSSR count). The van der Waals surface area contributed by atoms with Gasteiger partial charge in [-0.05, 0) is 85.1 Å². The minimum Gasteiger partial charge on any atom is -0.481 e. The summed E-state index contributed by atoms with van der Waals surface area (Å²) < 4.78 is 34.5. The van der Waals surface area contributed by atoms with Gasteiger partial charge >= 0.3 is 47.2 Å². The maximum Gasteiger partial charge on any atom is 0.330 e. The molecule has 0 saturated carbocycles. The molecular formula is C84H128N4O18S6. The van der Waals surface area contributed by atoms with E-state index in [1.807, 2.05) is 62.4 Å². The molecule has 6 unspecified atom stereocenters. The maximum atomic E-state index is 13.8. The molecule has 0 bridgehead atoms. The Kier molecular flexibility index (Phi) is 61.8. The van der Waals surface area contributed by atoms with E-state index in [-0.39, 0.29) is 62.1 Å². The Morgan fingerprint density at radius 3 is 1.13 bits per heavy atom. The molecule has 2 heterocycles. The number of hydrogen-bond acceptors (Lipinski definition) is 22. The van der Waals surface area contributed by atoms with Crippen molar-refractivity contribution in [2.24, 2.45) is 23.7 Å². The van der Waals surface area contributed by atoms with Crippen LogP contribution in [-0.2, 0) is 70.3 Å². The van der Waals surface area contributed by atoms with E-state index in [9.17, 15) is 58.2 Å². The average Bonchev–Trinajstić information content (AvgIpc) is 0.850. The number of rotatable bonds is 56. The van der Waals surface area contributed by atoms with Crippen molar-refractivity contribution >= 4 is 114 Å². The van der Waals surface area contributed by atoms with Crippen molar-refractivity contribution in [1.29, 1.82) is 0 Å². The maximum absolute atomic E-state index is 13.8. The van der Waals surface area contributed by atoms with E-state index in [0.717, 1.165) is 85.4 Å². The number of thiocarbonyl (C=S) groups is 2. The molecule has 0 aliphatic heterocycles. The number of ether oxygens (including phenoxy) is 6. The van der Waals surface area contributed by atoms with Crippen LogP contribution in [0.2, 0.25) is 0 Å². The van der Waals surface area contributed by atoms with E-state index in [0.29, 0.717) is 39.2 Å². The SMILES string of the molecule is C=CC(=O)OCCCC.C=CC(=O)OCCOC.CCCCCCCCCCCCSC(=S)SC(CC(C)C(=O)O)c1ccc(Cn2ccc(=O)[nH]c2=O)cc1.CCCCCCCCCCCCSC(=S)SC(CC(CC(CC(C)C(=O)O)C(=O)OCCOC)C(=O)OCCCC)c1ccc(Cn2ccc(=O)[nH]c2=O)cc1. The zero-order chi connectivity index (χ0) is 83.1. The number of aliphatic carboxylic acids is 2. The Morgan fingerprint density at radius 1 is 0.438 bits per heavy atom. The number of unbranched alkanes of at least 4 members (excludes halogenated alkanes) is 20. The molecule has 0 amide bonds. The molecule has 6 atom stereocenters. The summed E-state index contributed by atoms with van der Waals surface area (Å²) in [6.45, 7) is 20.6. The summed E-state index contributed by atoms with van der Waals surface area (Å²) in [7, 11) is 3.04. The normalized spacial score (nSPS) is 12.4. The fourth-order valence-corrected chi connectivity index (χ4v) is 16.8. The van der Waals surface area contributed by atoms with Crippen LogP contribution in [-0.4, -0.2) is 138 Å². The molecule has 0 aliphatic carbocycles. The van der Waals surface area contributed by atoms with Crippen molar-refractivity contribution in [3.63, 3.8) is 0 Å². The first-order valence-corrected chi connectivity index (χ1v) is 44.2. The molecule has 112 heavy (non-hydrogen) atoms. The smallest absolute Gasteiger partial charge is 0.330 e. The minimum atomic E-state index is -1.04. The minimum absolute atomic E-state index is 0.00361. The Labute approximate surface area is 692 Å². The second-order valence-electron chi connectivity index (χ2n) is 27.3. The molecule has 0 fully saturated rings. The molecule has 2 aromatic heterocycles. The number of hydrogen-bond donors (Lipinski definition) is 4. The number of carboxylic acid groups (broad SMARTS) is 2. The van der Waals surface area contributed by atoms with Crippen LogP contribution in [0.1, 0.15) is 254 Å². The van der Waals surface area contributed by atoms with Gasteiger partial charge in [0.15, 0.2) is 0 Å². The molecule has 628 valence electrons. The van der Waals surface area contributed by atoms with Crippen LogP contribution < -0.4 is 22.5 Å². The summed E-state index contributed by atoms with van der Waals surface area (Å²) in [6.07, 6.45) is 35.2. The molecule has 2 aromatic carbocycles. The lowest BCUT2D eigenvalue weighted by atomic mass is 9.84. The predicted octanol–water partition coefficient (Wildman–Crippen LogP) is 18.2. The Hall–Kier alpha value is -6.40. The lowest BCUT2D eigenvalue weighted by Crippen LogP contribution is -2.30. The van der Waals surface area contributed by atoms with Crippen LogP contribution in [0.3, 0.4) is 0 Å². The van der Waals surface area contributed by atoms with Gasteiger partial charge in [-0.3, -0.25) is 47.9 Å². The Balaban J connectivity index is 0.000000952. The van der Waals surface area contributed by atoms with E-state index < -0.39 is 76.0 Å². The van der Waals surface area contributed by atoms with Crippen molar-refractivity contribution in [3.05, 3.63) is 162 Å². The van der Waals surface area contributed by atoms with Crippen molar-refractivity contribution in [2.45, 2.75) is 245 Å². The van der Waals surface area contributed by atoms with E-state index in [1.165, 1.54) is 175 Å². The zero-order valence-corrected chi connectivity index (χ0v) is 72.5. The Bertz CT molecular complexity index is 3520. The zero-order valence-electron chi connectivity index (χ0n) is 67.6. The fraction of sp³-hybridized carbons (Fsp3) is 0.619.